The van der Waals surface area contributed by atoms with E-state index in [2.05, 4.69) is 0 Å². The van der Waals surface area contributed by atoms with E-state index in [1.165, 1.54) is 12.1 Å². The zero-order valence-electron chi connectivity index (χ0n) is 9.62. The first-order chi connectivity index (χ1) is 7.89. The maximum Gasteiger partial charge on any atom is 0.325 e. The zero-order valence-corrected chi connectivity index (χ0v) is 10.4. The lowest BCUT2D eigenvalue weighted by Crippen LogP contribution is -2.24. The second-order valence-electron chi connectivity index (χ2n) is 3.64. The van der Waals surface area contributed by atoms with Gasteiger partial charge in [-0.15, -0.1) is 0 Å². The molecule has 0 saturated carbocycles. The van der Waals surface area contributed by atoms with Crippen molar-refractivity contribution in [1.29, 1.82) is 0 Å². The Labute approximate surface area is 100 Å². The molecule has 1 rings (SSSR count). The predicted molar refractivity (Wildman–Crippen MR) is 62.1 cm³/mol. The quantitative estimate of drug-likeness (QED) is 0.589. The van der Waals surface area contributed by atoms with E-state index in [1.807, 2.05) is 0 Å². The molecule has 0 aliphatic carbocycles. The van der Waals surface area contributed by atoms with E-state index >= 15 is 0 Å². The van der Waals surface area contributed by atoms with Crippen LogP contribution in [0.4, 0.5) is 0 Å². The van der Waals surface area contributed by atoms with Gasteiger partial charge in [0.2, 0.25) is 0 Å². The summed E-state index contributed by atoms with van der Waals surface area (Å²) in [7, 11) is -3.95. The van der Waals surface area contributed by atoms with E-state index in [-0.39, 0.29) is 11.9 Å². The van der Waals surface area contributed by atoms with Gasteiger partial charge in [0.05, 0.1) is 6.10 Å². The molecule has 0 amide bonds. The van der Waals surface area contributed by atoms with Gasteiger partial charge in [-0.1, -0.05) is 18.2 Å². The van der Waals surface area contributed by atoms with Crippen LogP contribution in [-0.2, 0) is 19.6 Å². The standard InChI is InChI=1S/C11H14O5S/c1-9(2)15-11(12)8-17(13,14)16-10-6-4-3-5-7-10/h3-7,9H,8H2,1-2H3. The fourth-order valence-electron chi connectivity index (χ4n) is 1.09. The highest BCUT2D eigenvalue weighted by Gasteiger charge is 2.20. The van der Waals surface area contributed by atoms with Crippen molar-refractivity contribution in [2.75, 3.05) is 5.75 Å². The Balaban J connectivity index is 2.61. The summed E-state index contributed by atoms with van der Waals surface area (Å²) in [4.78, 5) is 11.2. The molecule has 17 heavy (non-hydrogen) atoms. The monoisotopic (exact) mass is 258 g/mol. The summed E-state index contributed by atoms with van der Waals surface area (Å²) in [6, 6.07) is 7.98. The number of para-hydroxylation sites is 1. The van der Waals surface area contributed by atoms with Crippen molar-refractivity contribution in [3.05, 3.63) is 30.3 Å². The third-order valence-corrected chi connectivity index (χ3v) is 2.66. The van der Waals surface area contributed by atoms with Crippen LogP contribution in [0, 0.1) is 0 Å². The molecule has 0 aliphatic heterocycles. The van der Waals surface area contributed by atoms with E-state index < -0.39 is 21.8 Å². The van der Waals surface area contributed by atoms with Crippen molar-refractivity contribution in [3.63, 3.8) is 0 Å². The van der Waals surface area contributed by atoms with Crippen molar-refractivity contribution in [2.24, 2.45) is 0 Å². The fourth-order valence-corrected chi connectivity index (χ4v) is 1.91. The summed E-state index contributed by atoms with van der Waals surface area (Å²) in [6.45, 7) is 3.28. The van der Waals surface area contributed by atoms with Gasteiger partial charge in [-0.2, -0.15) is 8.42 Å². The summed E-state index contributed by atoms with van der Waals surface area (Å²) in [5.74, 6) is -1.44. The third kappa shape index (κ3) is 5.35. The molecule has 0 aromatic heterocycles. The minimum atomic E-state index is -3.95. The number of hydrogen-bond acceptors (Lipinski definition) is 5. The van der Waals surface area contributed by atoms with Crippen molar-refractivity contribution in [1.82, 2.24) is 0 Å². The first-order valence-electron chi connectivity index (χ1n) is 5.06. The molecule has 5 nitrogen and oxygen atoms in total. The largest absolute Gasteiger partial charge is 0.462 e. The first kappa shape index (κ1) is 13.5. The molecule has 0 fully saturated rings. The van der Waals surface area contributed by atoms with Crippen LogP contribution >= 0.6 is 0 Å². The van der Waals surface area contributed by atoms with Crippen LogP contribution in [0.15, 0.2) is 30.3 Å². The Morgan fingerprint density at radius 2 is 1.82 bits per heavy atom. The molecule has 0 radical (unpaired) electrons. The van der Waals surface area contributed by atoms with Crippen molar-refractivity contribution in [3.8, 4) is 5.75 Å². The van der Waals surface area contributed by atoms with Gasteiger partial charge in [0.15, 0.2) is 5.75 Å². The highest BCUT2D eigenvalue weighted by Crippen LogP contribution is 2.11. The van der Waals surface area contributed by atoms with Crippen LogP contribution in [0.3, 0.4) is 0 Å². The number of esters is 1. The average molecular weight is 258 g/mol. The molecule has 0 aliphatic rings. The number of carbonyl (C=O) groups excluding carboxylic acids is 1. The van der Waals surface area contributed by atoms with Crippen LogP contribution in [0.5, 0.6) is 5.75 Å². The van der Waals surface area contributed by atoms with Gasteiger partial charge in [0.25, 0.3) is 0 Å². The Kier molecular flexibility index (Phi) is 4.51. The van der Waals surface area contributed by atoms with Gasteiger partial charge in [-0.3, -0.25) is 4.79 Å². The van der Waals surface area contributed by atoms with Gasteiger partial charge in [-0.25, -0.2) is 0 Å². The van der Waals surface area contributed by atoms with Gasteiger partial charge in [0, 0.05) is 0 Å². The molecule has 0 unspecified atom stereocenters. The molecule has 0 bridgehead atoms. The maximum absolute atomic E-state index is 11.5. The Bertz CT molecular complexity index is 464. The molecule has 0 saturated heterocycles. The lowest BCUT2D eigenvalue weighted by Gasteiger charge is -2.09. The SMILES string of the molecule is CC(C)OC(=O)CS(=O)(=O)Oc1ccccc1. The average Bonchev–Trinajstić information content (AvgIpc) is 2.15. The summed E-state index contributed by atoms with van der Waals surface area (Å²) >= 11 is 0. The summed E-state index contributed by atoms with van der Waals surface area (Å²) < 4.78 is 32.4. The highest BCUT2D eigenvalue weighted by molar-refractivity contribution is 7.87. The topological polar surface area (TPSA) is 69.7 Å². The fraction of sp³-hybridized carbons (Fsp3) is 0.364. The van der Waals surface area contributed by atoms with Gasteiger partial charge in [-0.05, 0) is 26.0 Å². The molecule has 0 atom stereocenters. The summed E-state index contributed by atoms with van der Waals surface area (Å²) in [5.41, 5.74) is 0. The molecular formula is C11H14O5S. The van der Waals surface area contributed by atoms with E-state index in [4.69, 9.17) is 8.92 Å². The second-order valence-corrected chi connectivity index (χ2v) is 5.21. The second kappa shape index (κ2) is 5.67. The molecule has 0 spiro atoms. The lowest BCUT2D eigenvalue weighted by atomic mass is 10.3. The van der Waals surface area contributed by atoms with Gasteiger partial charge < -0.3 is 8.92 Å². The number of carbonyl (C=O) groups is 1. The smallest absolute Gasteiger partial charge is 0.325 e. The summed E-state index contributed by atoms with van der Waals surface area (Å²) in [6.07, 6.45) is -0.352. The highest BCUT2D eigenvalue weighted by atomic mass is 32.2. The normalized spacial score (nSPS) is 11.2. The van der Waals surface area contributed by atoms with Crippen LogP contribution in [0.2, 0.25) is 0 Å². The number of rotatable bonds is 5. The Morgan fingerprint density at radius 3 is 2.35 bits per heavy atom. The van der Waals surface area contributed by atoms with Crippen LogP contribution in [0.25, 0.3) is 0 Å². The van der Waals surface area contributed by atoms with E-state index in [1.54, 1.807) is 32.0 Å². The van der Waals surface area contributed by atoms with E-state index in [9.17, 15) is 13.2 Å². The van der Waals surface area contributed by atoms with E-state index in [0.717, 1.165) is 0 Å². The first-order valence-corrected chi connectivity index (χ1v) is 6.63. The minimum absolute atomic E-state index is 0.171. The van der Waals surface area contributed by atoms with Crippen molar-refractivity contribution >= 4 is 16.1 Å². The zero-order chi connectivity index (χ0) is 12.9. The van der Waals surface area contributed by atoms with Crippen molar-refractivity contribution < 1.29 is 22.1 Å². The molecule has 1 aromatic carbocycles. The van der Waals surface area contributed by atoms with Gasteiger partial charge in [0.1, 0.15) is 5.75 Å². The summed E-state index contributed by atoms with van der Waals surface area (Å²) in [5, 5.41) is 0. The Morgan fingerprint density at radius 1 is 1.24 bits per heavy atom. The predicted octanol–water partition coefficient (Wildman–Crippen LogP) is 1.35. The molecule has 1 aromatic rings. The minimum Gasteiger partial charge on any atom is -0.462 e. The maximum atomic E-state index is 11.5. The molecule has 6 heteroatoms. The third-order valence-electron chi connectivity index (χ3n) is 1.63. The molecule has 0 N–H and O–H groups in total. The number of ether oxygens (including phenoxy) is 1. The lowest BCUT2D eigenvalue weighted by molar-refractivity contribution is -0.144. The van der Waals surface area contributed by atoms with Crippen LogP contribution in [-0.4, -0.2) is 26.2 Å². The van der Waals surface area contributed by atoms with Crippen LogP contribution < -0.4 is 4.18 Å². The molecular weight excluding hydrogens is 244 g/mol. The van der Waals surface area contributed by atoms with Gasteiger partial charge >= 0.3 is 16.1 Å². The Hall–Kier alpha value is -1.56. The van der Waals surface area contributed by atoms with Crippen LogP contribution in [0.1, 0.15) is 13.8 Å². The number of benzene rings is 1. The van der Waals surface area contributed by atoms with Crippen molar-refractivity contribution in [2.45, 2.75) is 20.0 Å². The molecule has 94 valence electrons. The molecule has 0 heterocycles. The number of hydrogen-bond donors (Lipinski definition) is 0. The van der Waals surface area contributed by atoms with E-state index in [0.29, 0.717) is 0 Å².